The molecule has 2 heterocycles. The number of methoxy groups -OCH3 is 1. The van der Waals surface area contributed by atoms with E-state index in [1.54, 1.807) is 42.5 Å². The zero-order valence-electron chi connectivity index (χ0n) is 17.0. The summed E-state index contributed by atoms with van der Waals surface area (Å²) in [6.45, 7) is 0. The fourth-order valence-corrected chi connectivity index (χ4v) is 3.73. The van der Waals surface area contributed by atoms with E-state index in [2.05, 4.69) is 5.32 Å². The summed E-state index contributed by atoms with van der Waals surface area (Å²) in [6, 6.07) is 14.3. The number of carbonyl (C=O) groups excluding carboxylic acids is 2. The average molecular weight is 483 g/mol. The van der Waals surface area contributed by atoms with Crippen LogP contribution in [0.5, 0.6) is 5.75 Å². The Morgan fingerprint density at radius 3 is 2.67 bits per heavy atom. The van der Waals surface area contributed by atoms with Crippen molar-refractivity contribution in [3.63, 3.8) is 0 Å². The summed E-state index contributed by atoms with van der Waals surface area (Å²) >= 11 is 11.1. The van der Waals surface area contributed by atoms with Crippen molar-refractivity contribution in [1.82, 2.24) is 5.32 Å². The van der Waals surface area contributed by atoms with Gasteiger partial charge in [0.15, 0.2) is 5.11 Å². The molecule has 1 fully saturated rings. The molecule has 4 rings (SSSR count). The van der Waals surface area contributed by atoms with Crippen LogP contribution in [0.15, 0.2) is 64.6 Å². The third-order valence-electron chi connectivity index (χ3n) is 4.82. The number of rotatable bonds is 5. The number of thiocarbonyl (C=S) groups is 1. The number of halogens is 1. The Morgan fingerprint density at radius 1 is 1.18 bits per heavy atom. The van der Waals surface area contributed by atoms with Gasteiger partial charge < -0.3 is 14.3 Å². The van der Waals surface area contributed by atoms with Crippen molar-refractivity contribution in [3.8, 4) is 17.1 Å². The average Bonchev–Trinajstić information content (AvgIpc) is 3.25. The van der Waals surface area contributed by atoms with Gasteiger partial charge in [0.2, 0.25) is 0 Å². The number of aromatic carboxylic acids is 1. The summed E-state index contributed by atoms with van der Waals surface area (Å²) < 4.78 is 11.0. The summed E-state index contributed by atoms with van der Waals surface area (Å²) in [5, 5.41) is 11.8. The number of ether oxygens (including phenoxy) is 1. The summed E-state index contributed by atoms with van der Waals surface area (Å²) in [6.07, 6.45) is 1.29. The molecule has 10 heteroatoms. The summed E-state index contributed by atoms with van der Waals surface area (Å²) in [5.74, 6) is -1.54. The van der Waals surface area contributed by atoms with Gasteiger partial charge in [0, 0.05) is 5.56 Å². The Bertz CT molecular complexity index is 1350. The topological polar surface area (TPSA) is 109 Å². The fourth-order valence-electron chi connectivity index (χ4n) is 3.26. The van der Waals surface area contributed by atoms with Gasteiger partial charge in [0.05, 0.1) is 23.4 Å². The van der Waals surface area contributed by atoms with E-state index in [0.717, 1.165) is 0 Å². The zero-order chi connectivity index (χ0) is 23.7. The van der Waals surface area contributed by atoms with Gasteiger partial charge in [-0.25, -0.2) is 9.69 Å². The van der Waals surface area contributed by atoms with E-state index < -0.39 is 17.8 Å². The van der Waals surface area contributed by atoms with Crippen molar-refractivity contribution in [2.75, 3.05) is 12.0 Å². The van der Waals surface area contributed by atoms with Gasteiger partial charge in [-0.05, 0) is 60.8 Å². The molecule has 0 spiro atoms. The molecule has 8 nitrogen and oxygen atoms in total. The first-order valence-electron chi connectivity index (χ1n) is 9.47. The van der Waals surface area contributed by atoms with Crippen molar-refractivity contribution < 1.29 is 28.6 Å². The molecule has 0 unspecified atom stereocenters. The van der Waals surface area contributed by atoms with E-state index in [0.29, 0.717) is 22.8 Å². The van der Waals surface area contributed by atoms with Crippen molar-refractivity contribution >= 4 is 58.5 Å². The van der Waals surface area contributed by atoms with Crippen LogP contribution in [0.2, 0.25) is 5.02 Å². The molecule has 2 N–H and O–H groups in total. The number of para-hydroxylation sites is 2. The second-order valence-electron chi connectivity index (χ2n) is 6.83. The van der Waals surface area contributed by atoms with Gasteiger partial charge in [-0.1, -0.05) is 23.7 Å². The number of nitrogens with one attached hydrogen (secondary N) is 1. The second-order valence-corrected chi connectivity index (χ2v) is 7.63. The molecule has 0 aliphatic carbocycles. The molecule has 0 radical (unpaired) electrons. The Labute approximate surface area is 198 Å². The molecule has 1 aliphatic rings. The van der Waals surface area contributed by atoms with Crippen LogP contribution in [-0.2, 0) is 9.59 Å². The molecule has 33 heavy (non-hydrogen) atoms. The van der Waals surface area contributed by atoms with Gasteiger partial charge in [-0.15, -0.1) is 0 Å². The smallest absolute Gasteiger partial charge is 0.337 e. The number of carboxylic acids is 1. The predicted octanol–water partition coefficient (Wildman–Crippen LogP) is 4.14. The van der Waals surface area contributed by atoms with E-state index in [-0.39, 0.29) is 27.0 Å². The lowest BCUT2D eigenvalue weighted by Gasteiger charge is -2.29. The molecular weight excluding hydrogens is 468 g/mol. The third kappa shape index (κ3) is 4.23. The lowest BCUT2D eigenvalue weighted by Crippen LogP contribution is -2.54. The van der Waals surface area contributed by atoms with Gasteiger partial charge in [0.1, 0.15) is 22.8 Å². The number of hydrogen-bond acceptors (Lipinski definition) is 6. The number of carbonyl (C=O) groups is 3. The minimum Gasteiger partial charge on any atom is -0.495 e. The molecule has 1 aromatic heterocycles. The zero-order valence-corrected chi connectivity index (χ0v) is 18.6. The number of anilines is 1. The Hall–Kier alpha value is -3.95. The molecule has 2 aromatic carbocycles. The molecule has 0 bridgehead atoms. The highest BCUT2D eigenvalue weighted by Crippen LogP contribution is 2.32. The van der Waals surface area contributed by atoms with E-state index in [9.17, 15) is 19.5 Å². The largest absolute Gasteiger partial charge is 0.495 e. The van der Waals surface area contributed by atoms with Crippen molar-refractivity contribution in [2.24, 2.45) is 0 Å². The van der Waals surface area contributed by atoms with E-state index in [4.69, 9.17) is 33.0 Å². The molecule has 1 saturated heterocycles. The van der Waals surface area contributed by atoms with Gasteiger partial charge >= 0.3 is 5.97 Å². The fraction of sp³-hybridized carbons (Fsp3) is 0.0435. The number of benzene rings is 2. The van der Waals surface area contributed by atoms with Crippen LogP contribution in [0.4, 0.5) is 5.69 Å². The predicted molar refractivity (Wildman–Crippen MR) is 125 cm³/mol. The normalized spacial score (nSPS) is 15.0. The third-order valence-corrected chi connectivity index (χ3v) is 5.44. The van der Waals surface area contributed by atoms with Crippen LogP contribution in [0.25, 0.3) is 17.4 Å². The maximum atomic E-state index is 13.2. The van der Waals surface area contributed by atoms with Gasteiger partial charge in [-0.2, -0.15) is 0 Å². The van der Waals surface area contributed by atoms with Crippen LogP contribution >= 0.6 is 23.8 Å². The van der Waals surface area contributed by atoms with E-state index in [1.807, 2.05) is 0 Å². The van der Waals surface area contributed by atoms with E-state index >= 15 is 0 Å². The lowest BCUT2D eigenvalue weighted by molar-refractivity contribution is -0.122. The van der Waals surface area contributed by atoms with Crippen LogP contribution in [0.1, 0.15) is 16.1 Å². The Kier molecular flexibility index (Phi) is 5.99. The number of carboxylic acid groups (broad SMARTS) is 1. The number of hydrogen-bond donors (Lipinski definition) is 2. The SMILES string of the molecule is COc1ccccc1N1C(=O)C(=Cc2ccc(-c3ccc(Cl)c(C(=O)O)c3)o2)C(=O)NC1=S. The standard InChI is InChI=1S/C23H15ClN2O6S/c1-31-19-5-3-2-4-17(19)26-21(28)15(20(27)25-23(26)33)11-13-7-9-18(32-13)12-6-8-16(24)14(10-12)22(29)30/h2-11H,1H3,(H,29,30)(H,25,27,33). The first-order valence-corrected chi connectivity index (χ1v) is 10.3. The first-order chi connectivity index (χ1) is 15.8. The Balaban J connectivity index is 1.69. The molecule has 1 aliphatic heterocycles. The van der Waals surface area contributed by atoms with Gasteiger partial charge in [-0.3, -0.25) is 14.9 Å². The molecule has 0 saturated carbocycles. The molecule has 0 atom stereocenters. The Morgan fingerprint density at radius 2 is 1.94 bits per heavy atom. The first kappa shape index (κ1) is 22.3. The highest BCUT2D eigenvalue weighted by molar-refractivity contribution is 7.80. The maximum Gasteiger partial charge on any atom is 0.337 e. The molecule has 3 aromatic rings. The molecular formula is C23H15ClN2O6S. The molecule has 2 amide bonds. The maximum absolute atomic E-state index is 13.2. The summed E-state index contributed by atoms with van der Waals surface area (Å²) in [7, 11) is 1.46. The summed E-state index contributed by atoms with van der Waals surface area (Å²) in [4.78, 5) is 38.2. The minimum atomic E-state index is -1.17. The van der Waals surface area contributed by atoms with Crippen molar-refractivity contribution in [2.45, 2.75) is 0 Å². The van der Waals surface area contributed by atoms with E-state index in [1.165, 1.54) is 30.2 Å². The second kappa shape index (κ2) is 8.89. The van der Waals surface area contributed by atoms with Crippen LogP contribution in [0.3, 0.4) is 0 Å². The lowest BCUT2D eigenvalue weighted by atomic mass is 10.1. The number of nitrogens with zero attached hydrogens (tertiary/aromatic N) is 1. The van der Waals surface area contributed by atoms with Crippen LogP contribution in [-0.4, -0.2) is 35.1 Å². The summed E-state index contributed by atoms with van der Waals surface area (Å²) in [5.41, 5.74) is 0.576. The van der Waals surface area contributed by atoms with Crippen molar-refractivity contribution in [1.29, 1.82) is 0 Å². The highest BCUT2D eigenvalue weighted by Gasteiger charge is 2.36. The molecule has 166 valence electrons. The number of furan rings is 1. The quantitative estimate of drug-likeness (QED) is 0.319. The van der Waals surface area contributed by atoms with Gasteiger partial charge in [0.25, 0.3) is 11.8 Å². The highest BCUT2D eigenvalue weighted by atomic mass is 35.5. The van der Waals surface area contributed by atoms with Crippen LogP contribution in [0, 0.1) is 0 Å². The minimum absolute atomic E-state index is 0.0749. The van der Waals surface area contributed by atoms with Crippen molar-refractivity contribution in [3.05, 3.63) is 76.5 Å². The number of amides is 2. The van der Waals surface area contributed by atoms with Crippen LogP contribution < -0.4 is 15.0 Å². The monoisotopic (exact) mass is 482 g/mol.